The Hall–Kier alpha value is -3.61. The monoisotopic (exact) mass is 531 g/mol. The minimum atomic E-state index is -2.66. The summed E-state index contributed by atoms with van der Waals surface area (Å²) in [6.07, 6.45) is 0.632. The van der Waals surface area contributed by atoms with Crippen molar-refractivity contribution in [2.75, 3.05) is 57.5 Å². The van der Waals surface area contributed by atoms with Gasteiger partial charge in [-0.3, -0.25) is 4.79 Å². The van der Waals surface area contributed by atoms with Crippen LogP contribution in [0, 0.1) is 6.92 Å². The van der Waals surface area contributed by atoms with Crippen molar-refractivity contribution < 1.29 is 18.3 Å². The number of alkyl halides is 2. The maximum atomic E-state index is 13.3. The molecule has 3 aromatic rings. The first-order valence-corrected chi connectivity index (χ1v) is 12.7. The molecule has 3 aromatic heterocycles. The van der Waals surface area contributed by atoms with E-state index in [4.69, 9.17) is 15.5 Å². The normalized spacial score (nSPS) is 15.1. The molecule has 1 amide bonds. The van der Waals surface area contributed by atoms with Gasteiger partial charge in [0, 0.05) is 38.8 Å². The highest BCUT2D eigenvalue weighted by atomic mass is 19.3. The molecule has 1 saturated heterocycles. The fourth-order valence-electron chi connectivity index (χ4n) is 4.56. The SMILES string of the molecule is CCC[C@H](Oc1nc(N)c2ncc(Cc3cnc(N4CCN(C(=O)CN(C)C)CC4)c(C)c3)n2n1)C(F)F. The van der Waals surface area contributed by atoms with E-state index < -0.39 is 12.5 Å². The Morgan fingerprint density at radius 3 is 2.55 bits per heavy atom. The number of rotatable bonds is 10. The highest BCUT2D eigenvalue weighted by Gasteiger charge is 2.25. The Morgan fingerprint density at radius 2 is 1.92 bits per heavy atom. The molecular weight excluding hydrogens is 496 g/mol. The van der Waals surface area contributed by atoms with Crippen molar-refractivity contribution in [1.82, 2.24) is 34.4 Å². The molecule has 2 N–H and O–H groups in total. The third kappa shape index (κ3) is 6.26. The van der Waals surface area contributed by atoms with Gasteiger partial charge >= 0.3 is 6.01 Å². The number of likely N-dealkylation sites (N-methyl/N-ethyl adjacent to an activating group) is 1. The average molecular weight is 532 g/mol. The molecule has 4 heterocycles. The minimum absolute atomic E-state index is 0.0543. The van der Waals surface area contributed by atoms with Crippen LogP contribution in [0.5, 0.6) is 6.01 Å². The molecule has 0 radical (unpaired) electrons. The lowest BCUT2D eigenvalue weighted by molar-refractivity contribution is -0.132. The predicted molar refractivity (Wildman–Crippen MR) is 140 cm³/mol. The Labute approximate surface area is 220 Å². The predicted octanol–water partition coefficient (Wildman–Crippen LogP) is 2.02. The van der Waals surface area contributed by atoms with Crippen LogP contribution in [0.25, 0.3) is 5.65 Å². The summed E-state index contributed by atoms with van der Waals surface area (Å²) in [7, 11) is 3.78. The molecule has 11 nitrogen and oxygen atoms in total. The second kappa shape index (κ2) is 11.8. The van der Waals surface area contributed by atoms with Crippen LogP contribution in [0.4, 0.5) is 20.4 Å². The molecular formula is C25H35F2N9O2. The molecule has 0 aromatic carbocycles. The molecule has 1 aliphatic heterocycles. The maximum Gasteiger partial charge on any atom is 0.336 e. The number of nitrogens with zero attached hydrogens (tertiary/aromatic N) is 8. The number of hydrogen-bond acceptors (Lipinski definition) is 9. The van der Waals surface area contributed by atoms with E-state index in [9.17, 15) is 13.6 Å². The molecule has 0 spiro atoms. The number of aryl methyl sites for hydroxylation is 1. The van der Waals surface area contributed by atoms with Crippen molar-refractivity contribution in [3.63, 3.8) is 0 Å². The summed E-state index contributed by atoms with van der Waals surface area (Å²) in [5.41, 5.74) is 9.00. The number of aromatic nitrogens is 5. The Kier molecular flexibility index (Phi) is 8.55. The maximum absolute atomic E-state index is 13.3. The van der Waals surface area contributed by atoms with Crippen molar-refractivity contribution in [2.45, 2.75) is 45.6 Å². The van der Waals surface area contributed by atoms with E-state index in [2.05, 4.69) is 26.0 Å². The number of pyridine rings is 1. The molecule has 38 heavy (non-hydrogen) atoms. The number of nitrogen functional groups attached to an aromatic ring is 1. The second-order valence-electron chi connectivity index (χ2n) is 9.81. The summed E-state index contributed by atoms with van der Waals surface area (Å²) < 4.78 is 33.5. The molecule has 13 heteroatoms. The first-order valence-electron chi connectivity index (χ1n) is 12.7. The average Bonchev–Trinajstić information content (AvgIpc) is 3.26. The number of ether oxygens (including phenoxy) is 1. The van der Waals surface area contributed by atoms with Gasteiger partial charge in [0.25, 0.3) is 6.43 Å². The minimum Gasteiger partial charge on any atom is -0.453 e. The van der Waals surface area contributed by atoms with E-state index in [1.807, 2.05) is 30.8 Å². The summed E-state index contributed by atoms with van der Waals surface area (Å²) in [5.74, 6) is 1.08. The smallest absolute Gasteiger partial charge is 0.336 e. The lowest BCUT2D eigenvalue weighted by Crippen LogP contribution is -2.51. The van der Waals surface area contributed by atoms with Crippen LogP contribution in [0.2, 0.25) is 0 Å². The quantitative estimate of drug-likeness (QED) is 0.419. The van der Waals surface area contributed by atoms with Gasteiger partial charge in [-0.25, -0.2) is 23.3 Å². The lowest BCUT2D eigenvalue weighted by atomic mass is 10.1. The number of fused-ring (bicyclic) bond motifs is 1. The molecule has 0 saturated carbocycles. The van der Waals surface area contributed by atoms with Gasteiger partial charge in [-0.2, -0.15) is 4.98 Å². The standard InChI is InChI=1S/C25H35F2N9O2/c1-5-6-19(21(26)27)38-25-31-22(28)24-30-14-18(36(24)32-25)12-17-11-16(2)23(29-13-17)35-9-7-34(8-10-35)20(37)15-33(3)4/h11,13-14,19,21H,5-10,12,15H2,1-4H3,(H2,28,31,32)/t19-/m0/s1. The Balaban J connectivity index is 1.47. The molecule has 0 unspecified atom stereocenters. The van der Waals surface area contributed by atoms with Gasteiger partial charge in [0.15, 0.2) is 17.6 Å². The van der Waals surface area contributed by atoms with Crippen LogP contribution in [0.15, 0.2) is 18.5 Å². The van der Waals surface area contributed by atoms with Crippen LogP contribution in [0.1, 0.15) is 36.6 Å². The number of anilines is 2. The van der Waals surface area contributed by atoms with Crippen LogP contribution in [0.3, 0.4) is 0 Å². The van der Waals surface area contributed by atoms with Crippen molar-refractivity contribution >= 4 is 23.2 Å². The first kappa shape index (κ1) is 27.4. The molecule has 1 aliphatic rings. The zero-order valence-corrected chi connectivity index (χ0v) is 22.3. The van der Waals surface area contributed by atoms with Crippen LogP contribution in [-0.4, -0.2) is 99.6 Å². The van der Waals surface area contributed by atoms with Gasteiger partial charge in [-0.1, -0.05) is 19.4 Å². The van der Waals surface area contributed by atoms with Gasteiger partial charge in [0.05, 0.1) is 18.4 Å². The number of piperazine rings is 1. The molecule has 1 atom stereocenters. The van der Waals surface area contributed by atoms with Gasteiger partial charge in [0.1, 0.15) is 5.82 Å². The number of nitrogens with two attached hydrogens (primary N) is 1. The first-order chi connectivity index (χ1) is 18.2. The van der Waals surface area contributed by atoms with Gasteiger partial charge < -0.3 is 25.2 Å². The number of hydrogen-bond donors (Lipinski definition) is 1. The fraction of sp³-hybridized carbons (Fsp3) is 0.560. The second-order valence-corrected chi connectivity index (χ2v) is 9.81. The van der Waals surface area contributed by atoms with E-state index in [-0.39, 0.29) is 24.2 Å². The van der Waals surface area contributed by atoms with Gasteiger partial charge in [-0.15, -0.1) is 5.10 Å². The lowest BCUT2D eigenvalue weighted by Gasteiger charge is -2.36. The van der Waals surface area contributed by atoms with Crippen molar-refractivity contribution in [3.05, 3.63) is 35.3 Å². The number of halogens is 2. The van der Waals surface area contributed by atoms with Gasteiger partial charge in [-0.05, 0) is 38.6 Å². The van der Waals surface area contributed by atoms with E-state index in [0.717, 1.165) is 30.0 Å². The third-order valence-corrected chi connectivity index (χ3v) is 6.43. The highest BCUT2D eigenvalue weighted by Crippen LogP contribution is 2.23. The Morgan fingerprint density at radius 1 is 1.18 bits per heavy atom. The summed E-state index contributed by atoms with van der Waals surface area (Å²) in [6, 6.07) is 1.85. The van der Waals surface area contributed by atoms with Crippen LogP contribution in [-0.2, 0) is 11.2 Å². The zero-order chi connectivity index (χ0) is 27.4. The van der Waals surface area contributed by atoms with Crippen molar-refractivity contribution in [1.29, 1.82) is 0 Å². The molecule has 206 valence electrons. The number of amides is 1. The largest absolute Gasteiger partial charge is 0.453 e. The summed E-state index contributed by atoms with van der Waals surface area (Å²) in [6.45, 7) is 6.98. The van der Waals surface area contributed by atoms with E-state index in [0.29, 0.717) is 43.8 Å². The van der Waals surface area contributed by atoms with Crippen molar-refractivity contribution in [2.24, 2.45) is 0 Å². The topological polar surface area (TPSA) is 118 Å². The van der Waals surface area contributed by atoms with E-state index >= 15 is 0 Å². The van der Waals surface area contributed by atoms with Crippen LogP contribution >= 0.6 is 0 Å². The molecule has 4 rings (SSSR count). The van der Waals surface area contributed by atoms with Crippen molar-refractivity contribution in [3.8, 4) is 6.01 Å². The fourth-order valence-corrected chi connectivity index (χ4v) is 4.56. The summed E-state index contributed by atoms with van der Waals surface area (Å²) in [4.78, 5) is 31.3. The number of carbonyl (C=O) groups is 1. The van der Waals surface area contributed by atoms with Crippen LogP contribution < -0.4 is 15.4 Å². The Bertz CT molecular complexity index is 1260. The highest BCUT2D eigenvalue weighted by molar-refractivity contribution is 5.78. The van der Waals surface area contributed by atoms with E-state index in [1.54, 1.807) is 19.3 Å². The van der Waals surface area contributed by atoms with E-state index in [1.165, 1.54) is 4.52 Å². The summed E-state index contributed by atoms with van der Waals surface area (Å²) in [5, 5.41) is 4.29. The molecule has 1 fully saturated rings. The number of imidazole rings is 1. The van der Waals surface area contributed by atoms with Gasteiger partial charge in [0.2, 0.25) is 5.91 Å². The third-order valence-electron chi connectivity index (χ3n) is 6.43. The molecule has 0 bridgehead atoms. The molecule has 0 aliphatic carbocycles. The zero-order valence-electron chi connectivity index (χ0n) is 22.3. The number of carbonyl (C=O) groups excluding carboxylic acids is 1. The summed E-state index contributed by atoms with van der Waals surface area (Å²) >= 11 is 0.